The maximum atomic E-state index is 10.9. The van der Waals surface area contributed by atoms with Crippen LogP contribution in [0.4, 0.5) is 5.69 Å². The van der Waals surface area contributed by atoms with Gasteiger partial charge in [0.1, 0.15) is 0 Å². The van der Waals surface area contributed by atoms with E-state index in [9.17, 15) is 10.1 Å². The molecule has 0 aliphatic carbocycles. The van der Waals surface area contributed by atoms with Crippen molar-refractivity contribution < 1.29 is 9.45 Å². The van der Waals surface area contributed by atoms with Crippen molar-refractivity contribution in [3.8, 4) is 11.4 Å². The second-order valence-corrected chi connectivity index (χ2v) is 3.85. The third-order valence-corrected chi connectivity index (χ3v) is 2.51. The summed E-state index contributed by atoms with van der Waals surface area (Å²) < 4.78 is 4.87. The molecule has 1 aromatic heterocycles. The van der Waals surface area contributed by atoms with Crippen molar-refractivity contribution in [1.82, 2.24) is 10.1 Å². The zero-order valence-corrected chi connectivity index (χ0v) is 9.72. The molecule has 0 N–H and O–H groups in total. The Morgan fingerprint density at radius 1 is 1.24 bits per heavy atom. The van der Waals surface area contributed by atoms with Crippen LogP contribution in [0.2, 0.25) is 0 Å². The second-order valence-electron chi connectivity index (χ2n) is 3.85. The summed E-state index contributed by atoms with van der Waals surface area (Å²) in [6.07, 6.45) is 0. The molecule has 2 rings (SSSR count). The number of aryl methyl sites for hydroxylation is 3. The van der Waals surface area contributed by atoms with Gasteiger partial charge < -0.3 is 4.52 Å². The van der Waals surface area contributed by atoms with Crippen LogP contribution >= 0.6 is 0 Å². The maximum absolute atomic E-state index is 10.9. The first-order chi connectivity index (χ1) is 7.99. The summed E-state index contributed by atoms with van der Waals surface area (Å²) >= 11 is 0. The molecule has 6 nitrogen and oxygen atoms in total. The molecule has 0 fully saturated rings. The molecule has 0 bridgehead atoms. The Bertz CT molecular complexity index is 590. The van der Waals surface area contributed by atoms with Gasteiger partial charge in [-0.15, -0.1) is 0 Å². The van der Waals surface area contributed by atoms with E-state index < -0.39 is 4.92 Å². The van der Waals surface area contributed by atoms with Gasteiger partial charge in [0, 0.05) is 24.1 Å². The molecule has 0 spiro atoms. The molecule has 0 aliphatic heterocycles. The van der Waals surface area contributed by atoms with E-state index in [-0.39, 0.29) is 5.69 Å². The molecule has 0 saturated carbocycles. The predicted octanol–water partition coefficient (Wildman–Crippen LogP) is 2.57. The van der Waals surface area contributed by atoms with Gasteiger partial charge in [-0.2, -0.15) is 4.98 Å². The van der Waals surface area contributed by atoms with Crippen LogP contribution in [0, 0.1) is 30.9 Å². The molecule has 1 heterocycles. The zero-order valence-electron chi connectivity index (χ0n) is 9.72. The average molecular weight is 233 g/mol. The van der Waals surface area contributed by atoms with Crippen LogP contribution in [0.3, 0.4) is 0 Å². The van der Waals surface area contributed by atoms with Gasteiger partial charge in [-0.3, -0.25) is 10.1 Å². The van der Waals surface area contributed by atoms with E-state index in [1.807, 2.05) is 6.92 Å². The van der Waals surface area contributed by atoms with Crippen molar-refractivity contribution in [1.29, 1.82) is 0 Å². The Morgan fingerprint density at radius 3 is 2.47 bits per heavy atom. The Labute approximate surface area is 97.4 Å². The Kier molecular flexibility index (Phi) is 2.63. The first-order valence-corrected chi connectivity index (χ1v) is 5.05. The maximum Gasteiger partial charge on any atom is 0.273 e. The Hall–Kier alpha value is -2.24. The van der Waals surface area contributed by atoms with Crippen molar-refractivity contribution in [3.05, 3.63) is 39.3 Å². The van der Waals surface area contributed by atoms with Gasteiger partial charge >= 0.3 is 0 Å². The molecule has 1 aromatic carbocycles. The van der Waals surface area contributed by atoms with Gasteiger partial charge in [0.05, 0.1) is 4.92 Å². The van der Waals surface area contributed by atoms with Crippen molar-refractivity contribution >= 4 is 5.69 Å². The van der Waals surface area contributed by atoms with E-state index in [0.717, 1.165) is 5.56 Å². The second kappa shape index (κ2) is 3.97. The molecular weight excluding hydrogens is 222 g/mol. The monoisotopic (exact) mass is 233 g/mol. The van der Waals surface area contributed by atoms with Gasteiger partial charge in [0.15, 0.2) is 0 Å². The van der Waals surface area contributed by atoms with E-state index in [0.29, 0.717) is 22.8 Å². The van der Waals surface area contributed by atoms with Crippen LogP contribution < -0.4 is 0 Å². The lowest BCUT2D eigenvalue weighted by atomic mass is 10.0. The van der Waals surface area contributed by atoms with Crippen molar-refractivity contribution in [2.75, 3.05) is 0 Å². The highest BCUT2D eigenvalue weighted by atomic mass is 16.6. The van der Waals surface area contributed by atoms with Crippen LogP contribution in [0.5, 0.6) is 0 Å². The van der Waals surface area contributed by atoms with Crippen LogP contribution in [0.25, 0.3) is 11.4 Å². The average Bonchev–Trinajstić information content (AvgIpc) is 2.64. The highest BCUT2D eigenvalue weighted by molar-refractivity contribution is 5.65. The lowest BCUT2D eigenvalue weighted by Crippen LogP contribution is -1.95. The van der Waals surface area contributed by atoms with Gasteiger partial charge in [-0.05, 0) is 25.5 Å². The van der Waals surface area contributed by atoms with E-state index >= 15 is 0 Å². The van der Waals surface area contributed by atoms with Crippen LogP contribution in [-0.2, 0) is 0 Å². The first kappa shape index (κ1) is 11.3. The minimum Gasteiger partial charge on any atom is -0.339 e. The molecule has 0 aliphatic rings. The number of benzene rings is 1. The van der Waals surface area contributed by atoms with Gasteiger partial charge in [0.2, 0.25) is 11.7 Å². The lowest BCUT2D eigenvalue weighted by molar-refractivity contribution is -0.385. The molecule has 0 amide bonds. The molecule has 2 aromatic rings. The number of hydrogen-bond donors (Lipinski definition) is 0. The van der Waals surface area contributed by atoms with Gasteiger partial charge in [0.25, 0.3) is 5.69 Å². The van der Waals surface area contributed by atoms with Crippen LogP contribution in [-0.4, -0.2) is 15.1 Å². The summed E-state index contributed by atoms with van der Waals surface area (Å²) in [4.78, 5) is 14.5. The lowest BCUT2D eigenvalue weighted by Gasteiger charge is -2.03. The highest BCUT2D eigenvalue weighted by Crippen LogP contribution is 2.28. The van der Waals surface area contributed by atoms with Crippen LogP contribution in [0.1, 0.15) is 17.0 Å². The minimum atomic E-state index is -0.411. The molecule has 0 radical (unpaired) electrons. The number of rotatable bonds is 2. The summed E-state index contributed by atoms with van der Waals surface area (Å²) in [6, 6.07) is 3.23. The summed E-state index contributed by atoms with van der Waals surface area (Å²) in [7, 11) is 0. The predicted molar refractivity (Wildman–Crippen MR) is 60.6 cm³/mol. The normalized spacial score (nSPS) is 10.5. The minimum absolute atomic E-state index is 0.0630. The fourth-order valence-corrected chi connectivity index (χ4v) is 1.69. The quantitative estimate of drug-likeness (QED) is 0.588. The topological polar surface area (TPSA) is 82.1 Å². The van der Waals surface area contributed by atoms with E-state index in [1.54, 1.807) is 19.9 Å². The molecular formula is C11H11N3O3. The number of aromatic nitrogens is 2. The smallest absolute Gasteiger partial charge is 0.273 e. The fourth-order valence-electron chi connectivity index (χ4n) is 1.69. The first-order valence-electron chi connectivity index (χ1n) is 5.05. The van der Waals surface area contributed by atoms with E-state index in [4.69, 9.17) is 4.52 Å². The number of nitrogens with zero attached hydrogens (tertiary/aromatic N) is 3. The summed E-state index contributed by atoms with van der Waals surface area (Å²) in [6.45, 7) is 5.24. The Balaban J connectivity index is 2.62. The van der Waals surface area contributed by atoms with Gasteiger partial charge in [-0.1, -0.05) is 5.16 Å². The molecule has 88 valence electrons. The summed E-state index contributed by atoms with van der Waals surface area (Å²) in [5.74, 6) is 0.811. The summed E-state index contributed by atoms with van der Waals surface area (Å²) in [5, 5.41) is 14.6. The molecule has 17 heavy (non-hydrogen) atoms. The molecule has 0 atom stereocenters. The van der Waals surface area contributed by atoms with Gasteiger partial charge in [-0.25, -0.2) is 0 Å². The summed E-state index contributed by atoms with van der Waals surface area (Å²) in [5.41, 5.74) is 2.19. The van der Waals surface area contributed by atoms with Crippen molar-refractivity contribution in [3.63, 3.8) is 0 Å². The third-order valence-electron chi connectivity index (χ3n) is 2.51. The number of nitro groups is 1. The van der Waals surface area contributed by atoms with Crippen LogP contribution in [0.15, 0.2) is 16.7 Å². The molecule has 0 unspecified atom stereocenters. The largest absolute Gasteiger partial charge is 0.339 e. The SMILES string of the molecule is Cc1nc(-c2cc([N+](=O)[O-])c(C)cc2C)no1. The Morgan fingerprint density at radius 2 is 1.94 bits per heavy atom. The molecule has 0 saturated heterocycles. The highest BCUT2D eigenvalue weighted by Gasteiger charge is 2.17. The molecule has 6 heteroatoms. The fraction of sp³-hybridized carbons (Fsp3) is 0.273. The number of hydrogen-bond acceptors (Lipinski definition) is 5. The van der Waals surface area contributed by atoms with Crippen molar-refractivity contribution in [2.45, 2.75) is 20.8 Å². The van der Waals surface area contributed by atoms with E-state index in [1.165, 1.54) is 6.07 Å². The zero-order chi connectivity index (χ0) is 12.6. The number of nitro benzene ring substituents is 1. The van der Waals surface area contributed by atoms with E-state index in [2.05, 4.69) is 10.1 Å². The van der Waals surface area contributed by atoms with Crippen molar-refractivity contribution in [2.24, 2.45) is 0 Å². The standard InChI is InChI=1S/C11H11N3O3/c1-6-4-7(2)10(14(15)16)5-9(6)11-12-8(3)17-13-11/h4-5H,1-3H3. The third kappa shape index (κ3) is 2.01.